The van der Waals surface area contributed by atoms with Crippen LogP contribution in [0.1, 0.15) is 43.7 Å². The number of ether oxygens (including phenoxy) is 1. The number of thioether (sulfide) groups is 1. The summed E-state index contributed by atoms with van der Waals surface area (Å²) >= 11 is 1.34. The van der Waals surface area contributed by atoms with Crippen molar-refractivity contribution in [2.24, 2.45) is 0 Å². The minimum Gasteiger partial charge on any atom is -0.497 e. The number of nitrogens with zero attached hydrogens (tertiary/aromatic N) is 2. The quantitative estimate of drug-likeness (QED) is 0.440. The third kappa shape index (κ3) is 5.10. The molecule has 0 bridgehead atoms. The van der Waals surface area contributed by atoms with Gasteiger partial charge in [0.15, 0.2) is 5.16 Å². The predicted molar refractivity (Wildman–Crippen MR) is 124 cm³/mol. The zero-order chi connectivity index (χ0) is 21.6. The van der Waals surface area contributed by atoms with Gasteiger partial charge in [-0.3, -0.25) is 14.2 Å². The topological polar surface area (TPSA) is 73.2 Å². The Morgan fingerprint density at radius 1 is 1.16 bits per heavy atom. The number of para-hydroxylation sites is 1. The van der Waals surface area contributed by atoms with E-state index in [9.17, 15) is 9.59 Å². The van der Waals surface area contributed by atoms with Crippen LogP contribution in [0, 0.1) is 0 Å². The zero-order valence-electron chi connectivity index (χ0n) is 17.7. The molecule has 2 aromatic carbocycles. The number of rotatable bonds is 7. The first kappa shape index (κ1) is 21.4. The van der Waals surface area contributed by atoms with Crippen LogP contribution >= 0.6 is 11.8 Å². The number of amides is 1. The van der Waals surface area contributed by atoms with Crippen molar-refractivity contribution in [1.29, 1.82) is 0 Å². The molecule has 0 spiro atoms. The molecule has 6 nitrogen and oxygen atoms in total. The lowest BCUT2D eigenvalue weighted by Gasteiger charge is -2.26. The van der Waals surface area contributed by atoms with E-state index < -0.39 is 0 Å². The van der Waals surface area contributed by atoms with Gasteiger partial charge in [0.1, 0.15) is 5.75 Å². The minimum atomic E-state index is -0.0922. The Morgan fingerprint density at radius 2 is 1.97 bits per heavy atom. The van der Waals surface area contributed by atoms with Crippen molar-refractivity contribution in [1.82, 2.24) is 14.9 Å². The molecule has 0 radical (unpaired) electrons. The average Bonchev–Trinajstić information content (AvgIpc) is 2.82. The van der Waals surface area contributed by atoms with Crippen molar-refractivity contribution < 1.29 is 9.53 Å². The van der Waals surface area contributed by atoms with E-state index in [2.05, 4.69) is 5.32 Å². The monoisotopic (exact) mass is 437 g/mol. The molecule has 4 rings (SSSR count). The molecule has 7 heteroatoms. The second kappa shape index (κ2) is 10.0. The molecular weight excluding hydrogens is 410 g/mol. The van der Waals surface area contributed by atoms with Crippen LogP contribution in [-0.4, -0.2) is 28.3 Å². The van der Waals surface area contributed by atoms with Crippen molar-refractivity contribution in [2.45, 2.75) is 49.8 Å². The highest BCUT2D eigenvalue weighted by molar-refractivity contribution is 7.99. The SMILES string of the molecule is COc1cccc(CNC(=O)CSc2nc3ccccc3c(=O)n2C2CCCCC2)c1. The van der Waals surface area contributed by atoms with Crippen LogP contribution in [0.2, 0.25) is 0 Å². The van der Waals surface area contributed by atoms with Gasteiger partial charge in [0.25, 0.3) is 5.56 Å². The van der Waals surface area contributed by atoms with Crippen molar-refractivity contribution in [2.75, 3.05) is 12.9 Å². The van der Waals surface area contributed by atoms with Gasteiger partial charge in [0, 0.05) is 12.6 Å². The van der Waals surface area contributed by atoms with Gasteiger partial charge in [-0.25, -0.2) is 4.98 Å². The van der Waals surface area contributed by atoms with Gasteiger partial charge in [-0.05, 0) is 42.7 Å². The predicted octanol–water partition coefficient (Wildman–Crippen LogP) is 4.32. The lowest BCUT2D eigenvalue weighted by atomic mass is 9.95. The van der Waals surface area contributed by atoms with Gasteiger partial charge in [-0.1, -0.05) is 55.3 Å². The fourth-order valence-corrected chi connectivity index (χ4v) is 4.95. The minimum absolute atomic E-state index is 0.00297. The van der Waals surface area contributed by atoms with E-state index in [0.717, 1.165) is 37.0 Å². The highest BCUT2D eigenvalue weighted by atomic mass is 32.2. The molecule has 1 amide bonds. The van der Waals surface area contributed by atoms with E-state index in [1.807, 2.05) is 53.1 Å². The zero-order valence-corrected chi connectivity index (χ0v) is 18.5. The van der Waals surface area contributed by atoms with E-state index in [0.29, 0.717) is 22.6 Å². The highest BCUT2D eigenvalue weighted by Gasteiger charge is 2.22. The smallest absolute Gasteiger partial charge is 0.262 e. The Bertz CT molecular complexity index is 1120. The molecule has 1 fully saturated rings. The normalized spacial score (nSPS) is 14.5. The number of hydrogen-bond acceptors (Lipinski definition) is 5. The third-order valence-corrected chi connectivity index (χ3v) is 6.62. The lowest BCUT2D eigenvalue weighted by molar-refractivity contribution is -0.118. The Kier molecular flexibility index (Phi) is 6.92. The molecule has 162 valence electrons. The molecule has 0 saturated heterocycles. The van der Waals surface area contributed by atoms with Crippen LogP contribution in [0.25, 0.3) is 10.9 Å². The maximum atomic E-state index is 13.3. The molecule has 3 aromatic rings. The first-order chi connectivity index (χ1) is 15.2. The molecular formula is C24H27N3O3S. The summed E-state index contributed by atoms with van der Waals surface area (Å²) in [5.74, 6) is 0.880. The van der Waals surface area contributed by atoms with E-state index >= 15 is 0 Å². The summed E-state index contributed by atoms with van der Waals surface area (Å²) in [7, 11) is 1.62. The summed E-state index contributed by atoms with van der Waals surface area (Å²) in [6, 6.07) is 15.2. The second-order valence-corrected chi connectivity index (χ2v) is 8.74. The van der Waals surface area contributed by atoms with Gasteiger partial charge in [0.2, 0.25) is 5.91 Å². The highest BCUT2D eigenvalue weighted by Crippen LogP contribution is 2.31. The first-order valence-electron chi connectivity index (χ1n) is 10.7. The average molecular weight is 438 g/mol. The van der Waals surface area contributed by atoms with Crippen LogP contribution in [0.15, 0.2) is 58.5 Å². The number of methoxy groups -OCH3 is 1. The molecule has 1 N–H and O–H groups in total. The molecule has 1 aromatic heterocycles. The summed E-state index contributed by atoms with van der Waals surface area (Å²) < 4.78 is 7.06. The van der Waals surface area contributed by atoms with E-state index in [1.54, 1.807) is 7.11 Å². The Balaban J connectivity index is 1.50. The van der Waals surface area contributed by atoms with Crippen molar-refractivity contribution in [3.8, 4) is 5.75 Å². The van der Waals surface area contributed by atoms with E-state index in [-0.39, 0.29) is 23.3 Å². The van der Waals surface area contributed by atoms with Crippen LogP contribution in [0.3, 0.4) is 0 Å². The van der Waals surface area contributed by atoms with E-state index in [1.165, 1.54) is 18.2 Å². The number of carbonyl (C=O) groups is 1. The van der Waals surface area contributed by atoms with Crippen LogP contribution in [0.5, 0.6) is 5.75 Å². The Labute approximate surface area is 186 Å². The third-order valence-electron chi connectivity index (χ3n) is 5.67. The number of fused-ring (bicyclic) bond motifs is 1. The molecule has 31 heavy (non-hydrogen) atoms. The summed E-state index contributed by atoms with van der Waals surface area (Å²) in [5.41, 5.74) is 1.65. The number of carbonyl (C=O) groups excluding carboxylic acids is 1. The van der Waals surface area contributed by atoms with E-state index in [4.69, 9.17) is 9.72 Å². The first-order valence-corrected chi connectivity index (χ1v) is 11.7. The van der Waals surface area contributed by atoms with Crippen molar-refractivity contribution in [3.63, 3.8) is 0 Å². The summed E-state index contributed by atoms with van der Waals surface area (Å²) in [4.78, 5) is 30.5. The molecule has 0 atom stereocenters. The fourth-order valence-electron chi connectivity index (χ4n) is 4.05. The van der Waals surface area contributed by atoms with Gasteiger partial charge >= 0.3 is 0 Å². The fraction of sp³-hybridized carbons (Fsp3) is 0.375. The van der Waals surface area contributed by atoms with Crippen LogP contribution < -0.4 is 15.6 Å². The maximum absolute atomic E-state index is 13.3. The molecule has 0 aliphatic heterocycles. The number of nitrogens with one attached hydrogen (secondary N) is 1. The van der Waals surface area contributed by atoms with Crippen molar-refractivity contribution in [3.05, 3.63) is 64.4 Å². The summed E-state index contributed by atoms with van der Waals surface area (Å²) in [5, 5.41) is 4.21. The standard InChI is InChI=1S/C24H27N3O3S/c1-30-19-11-7-8-17(14-19)15-25-22(28)16-31-24-26-21-13-6-5-12-20(21)23(29)27(24)18-9-3-2-4-10-18/h5-8,11-14,18H,2-4,9-10,15-16H2,1H3,(H,25,28). The van der Waals surface area contributed by atoms with Gasteiger partial charge in [-0.2, -0.15) is 0 Å². The number of hydrogen-bond donors (Lipinski definition) is 1. The van der Waals surface area contributed by atoms with Gasteiger partial charge < -0.3 is 10.1 Å². The molecule has 1 aliphatic carbocycles. The summed E-state index contributed by atoms with van der Waals surface area (Å²) in [6.07, 6.45) is 5.41. The van der Waals surface area contributed by atoms with Crippen LogP contribution in [-0.2, 0) is 11.3 Å². The Hall–Kier alpha value is -2.80. The van der Waals surface area contributed by atoms with Gasteiger partial charge in [0.05, 0.1) is 23.8 Å². The molecule has 1 heterocycles. The molecule has 0 unspecified atom stereocenters. The summed E-state index contributed by atoms with van der Waals surface area (Å²) in [6.45, 7) is 0.428. The van der Waals surface area contributed by atoms with Crippen molar-refractivity contribution >= 4 is 28.6 Å². The lowest BCUT2D eigenvalue weighted by Crippen LogP contribution is -2.30. The Morgan fingerprint density at radius 3 is 2.77 bits per heavy atom. The number of benzene rings is 2. The number of aromatic nitrogens is 2. The molecule has 1 saturated carbocycles. The largest absolute Gasteiger partial charge is 0.497 e. The second-order valence-electron chi connectivity index (χ2n) is 7.80. The van der Waals surface area contributed by atoms with Crippen LogP contribution in [0.4, 0.5) is 0 Å². The maximum Gasteiger partial charge on any atom is 0.262 e. The molecule has 1 aliphatic rings. The van der Waals surface area contributed by atoms with Gasteiger partial charge in [-0.15, -0.1) is 0 Å².